The topological polar surface area (TPSA) is 17.1 Å². The predicted octanol–water partition coefficient (Wildman–Crippen LogP) is 5.79. The second-order valence-corrected chi connectivity index (χ2v) is 6.91. The maximum Gasteiger partial charge on any atom is 0.130 e. The van der Waals surface area contributed by atoms with E-state index in [0.29, 0.717) is 12.2 Å². The van der Waals surface area contributed by atoms with E-state index in [9.17, 15) is 4.79 Å². The molecule has 0 aliphatic heterocycles. The van der Waals surface area contributed by atoms with E-state index in [1.165, 1.54) is 24.8 Å². The molecule has 21 heavy (non-hydrogen) atoms. The van der Waals surface area contributed by atoms with E-state index in [-0.39, 0.29) is 5.41 Å². The van der Waals surface area contributed by atoms with Gasteiger partial charge in [-0.2, -0.15) is 0 Å². The number of hydrogen-bond donors (Lipinski definition) is 0. The van der Waals surface area contributed by atoms with Crippen LogP contribution in [0.2, 0.25) is 0 Å². The second kappa shape index (κ2) is 10.00. The number of ketones is 1. The van der Waals surface area contributed by atoms with Gasteiger partial charge in [0.2, 0.25) is 0 Å². The summed E-state index contributed by atoms with van der Waals surface area (Å²) in [7, 11) is 0. The number of rotatable bonds is 11. The first-order chi connectivity index (χ1) is 10.1. The number of carbonyl (C=O) groups excluding carboxylic acids is 1. The van der Waals surface area contributed by atoms with E-state index >= 15 is 0 Å². The molecule has 0 unspecified atom stereocenters. The molecule has 1 aromatic carbocycles. The van der Waals surface area contributed by atoms with Crippen LogP contribution in [0, 0.1) is 5.41 Å². The van der Waals surface area contributed by atoms with E-state index in [4.69, 9.17) is 11.6 Å². The fraction of sp³-hybridized carbons (Fsp3) is 0.632. The molecule has 0 heterocycles. The fourth-order valence-corrected chi connectivity index (χ4v) is 3.18. The SMILES string of the molecule is CC(=O)C[C@@](C)(CCCCCCCl)CCc1ccccc1. The Morgan fingerprint density at radius 3 is 2.33 bits per heavy atom. The van der Waals surface area contributed by atoms with Gasteiger partial charge in [0.1, 0.15) is 5.78 Å². The number of alkyl halides is 1. The molecule has 0 aliphatic carbocycles. The van der Waals surface area contributed by atoms with Crippen molar-refractivity contribution in [3.05, 3.63) is 35.9 Å². The molecule has 0 radical (unpaired) electrons. The van der Waals surface area contributed by atoms with Crippen molar-refractivity contribution in [3.63, 3.8) is 0 Å². The maximum atomic E-state index is 11.6. The first-order valence-electron chi connectivity index (χ1n) is 8.15. The van der Waals surface area contributed by atoms with Gasteiger partial charge in [-0.15, -0.1) is 11.6 Å². The van der Waals surface area contributed by atoms with Gasteiger partial charge in [-0.3, -0.25) is 0 Å². The Morgan fingerprint density at radius 1 is 1.05 bits per heavy atom. The first-order valence-corrected chi connectivity index (χ1v) is 8.68. The van der Waals surface area contributed by atoms with Crippen molar-refractivity contribution in [2.45, 2.75) is 65.2 Å². The Bertz CT molecular complexity index is 401. The van der Waals surface area contributed by atoms with E-state index < -0.39 is 0 Å². The normalized spacial score (nSPS) is 13.9. The number of Topliss-reactive ketones (excluding diaryl/α,β-unsaturated/α-hetero) is 1. The molecule has 2 heteroatoms. The third kappa shape index (κ3) is 8.26. The van der Waals surface area contributed by atoms with Gasteiger partial charge in [0, 0.05) is 12.3 Å². The molecule has 0 saturated heterocycles. The Hall–Kier alpha value is -0.820. The Morgan fingerprint density at radius 2 is 1.71 bits per heavy atom. The molecule has 118 valence electrons. The first kappa shape index (κ1) is 18.2. The molecule has 0 fully saturated rings. The number of halogens is 1. The van der Waals surface area contributed by atoms with Crippen molar-refractivity contribution in [2.75, 3.05) is 5.88 Å². The summed E-state index contributed by atoms with van der Waals surface area (Å²) in [5.74, 6) is 1.07. The standard InChI is InChI=1S/C19H29ClO/c1-17(21)16-19(2,13-8-3-4-9-15-20)14-12-18-10-6-5-7-11-18/h5-7,10-11H,3-4,8-9,12-16H2,1-2H3/t19-/m0/s1. The van der Waals surface area contributed by atoms with Gasteiger partial charge < -0.3 is 4.79 Å². The number of hydrogen-bond acceptors (Lipinski definition) is 1. The van der Waals surface area contributed by atoms with Gasteiger partial charge in [-0.1, -0.05) is 56.5 Å². The van der Waals surface area contributed by atoms with Crippen molar-refractivity contribution >= 4 is 17.4 Å². The lowest BCUT2D eigenvalue weighted by atomic mass is 9.76. The van der Waals surface area contributed by atoms with Crippen LogP contribution in [0.25, 0.3) is 0 Å². The summed E-state index contributed by atoms with van der Waals surface area (Å²) >= 11 is 5.71. The number of aryl methyl sites for hydroxylation is 1. The van der Waals surface area contributed by atoms with Gasteiger partial charge in [0.05, 0.1) is 0 Å². The lowest BCUT2D eigenvalue weighted by Crippen LogP contribution is -2.21. The monoisotopic (exact) mass is 308 g/mol. The molecule has 0 amide bonds. The molecule has 0 N–H and O–H groups in total. The highest BCUT2D eigenvalue weighted by Crippen LogP contribution is 2.34. The largest absolute Gasteiger partial charge is 0.300 e. The van der Waals surface area contributed by atoms with Crippen LogP contribution < -0.4 is 0 Å². The minimum absolute atomic E-state index is 0.142. The van der Waals surface area contributed by atoms with Gasteiger partial charge in [-0.05, 0) is 43.6 Å². The van der Waals surface area contributed by atoms with Crippen molar-refractivity contribution in [3.8, 4) is 0 Å². The number of unbranched alkanes of at least 4 members (excludes halogenated alkanes) is 3. The van der Waals surface area contributed by atoms with Crippen LogP contribution in [0.1, 0.15) is 64.4 Å². The predicted molar refractivity (Wildman–Crippen MR) is 92.0 cm³/mol. The average Bonchev–Trinajstić information content (AvgIpc) is 2.45. The summed E-state index contributed by atoms with van der Waals surface area (Å²) in [5, 5.41) is 0. The Labute approximate surface area is 135 Å². The molecular formula is C19H29ClO. The molecule has 0 aliphatic rings. The zero-order valence-corrected chi connectivity index (χ0v) is 14.3. The number of carbonyl (C=O) groups is 1. The van der Waals surface area contributed by atoms with Crippen molar-refractivity contribution in [1.29, 1.82) is 0 Å². The van der Waals surface area contributed by atoms with Gasteiger partial charge in [0.25, 0.3) is 0 Å². The van der Waals surface area contributed by atoms with Crippen molar-refractivity contribution < 1.29 is 4.79 Å². The highest BCUT2D eigenvalue weighted by atomic mass is 35.5. The molecule has 1 rings (SSSR count). The fourth-order valence-electron chi connectivity index (χ4n) is 2.99. The number of benzene rings is 1. The summed E-state index contributed by atoms with van der Waals surface area (Å²) < 4.78 is 0. The molecule has 1 aromatic rings. The van der Waals surface area contributed by atoms with E-state index in [1.807, 2.05) is 0 Å². The van der Waals surface area contributed by atoms with E-state index in [0.717, 1.165) is 31.6 Å². The molecule has 0 bridgehead atoms. The molecular weight excluding hydrogens is 280 g/mol. The maximum absolute atomic E-state index is 11.6. The quantitative estimate of drug-likeness (QED) is 0.373. The van der Waals surface area contributed by atoms with Gasteiger partial charge in [-0.25, -0.2) is 0 Å². The van der Waals surface area contributed by atoms with Crippen LogP contribution in [0.15, 0.2) is 30.3 Å². The molecule has 1 atom stereocenters. The van der Waals surface area contributed by atoms with E-state index in [1.54, 1.807) is 6.92 Å². The lowest BCUT2D eigenvalue weighted by Gasteiger charge is -2.29. The summed E-state index contributed by atoms with van der Waals surface area (Å²) in [6, 6.07) is 10.6. The van der Waals surface area contributed by atoms with Crippen molar-refractivity contribution in [1.82, 2.24) is 0 Å². The molecule has 1 nitrogen and oxygen atoms in total. The molecule has 0 aromatic heterocycles. The highest BCUT2D eigenvalue weighted by Gasteiger charge is 2.25. The lowest BCUT2D eigenvalue weighted by molar-refractivity contribution is -0.119. The minimum atomic E-state index is 0.142. The van der Waals surface area contributed by atoms with E-state index in [2.05, 4.69) is 37.3 Å². The summed E-state index contributed by atoms with van der Waals surface area (Å²) in [6.45, 7) is 3.99. The summed E-state index contributed by atoms with van der Waals surface area (Å²) in [5.41, 5.74) is 1.51. The van der Waals surface area contributed by atoms with Crippen LogP contribution in [0.3, 0.4) is 0 Å². The zero-order valence-electron chi connectivity index (χ0n) is 13.5. The van der Waals surface area contributed by atoms with Crippen molar-refractivity contribution in [2.24, 2.45) is 5.41 Å². The minimum Gasteiger partial charge on any atom is -0.300 e. The highest BCUT2D eigenvalue weighted by molar-refractivity contribution is 6.17. The Kier molecular flexibility index (Phi) is 8.68. The molecule has 0 saturated carbocycles. The van der Waals surface area contributed by atoms with Gasteiger partial charge in [0.15, 0.2) is 0 Å². The van der Waals surface area contributed by atoms with Crippen LogP contribution >= 0.6 is 11.6 Å². The van der Waals surface area contributed by atoms with Crippen LogP contribution in [0.5, 0.6) is 0 Å². The third-order valence-electron chi connectivity index (χ3n) is 4.20. The summed E-state index contributed by atoms with van der Waals surface area (Å²) in [6.07, 6.45) is 8.74. The second-order valence-electron chi connectivity index (χ2n) is 6.53. The van der Waals surface area contributed by atoms with Gasteiger partial charge >= 0.3 is 0 Å². The van der Waals surface area contributed by atoms with Crippen LogP contribution in [-0.2, 0) is 11.2 Å². The third-order valence-corrected chi connectivity index (χ3v) is 4.47. The molecule has 0 spiro atoms. The van der Waals surface area contributed by atoms with Crippen LogP contribution in [0.4, 0.5) is 0 Å². The smallest absolute Gasteiger partial charge is 0.130 e. The zero-order chi connectivity index (χ0) is 15.6. The van der Waals surface area contributed by atoms with Crippen LogP contribution in [-0.4, -0.2) is 11.7 Å². The Balaban J connectivity index is 2.46. The summed E-state index contributed by atoms with van der Waals surface area (Å²) in [4.78, 5) is 11.6. The average molecular weight is 309 g/mol.